The molecule has 15 heavy (non-hydrogen) atoms. The van der Waals surface area contributed by atoms with E-state index in [-0.39, 0.29) is 0 Å². The van der Waals surface area contributed by atoms with Gasteiger partial charge in [0.1, 0.15) is 7.05 Å². The number of pyridine rings is 1. The van der Waals surface area contributed by atoms with Crippen LogP contribution in [0.4, 0.5) is 0 Å². The van der Waals surface area contributed by atoms with E-state index in [1.54, 1.807) is 0 Å². The third kappa shape index (κ3) is 1.36. The molecule has 0 radical (unpaired) electrons. The molecule has 2 heterocycles. The molecule has 2 aromatic rings. The van der Waals surface area contributed by atoms with Crippen LogP contribution in [0.1, 0.15) is 0 Å². The van der Waals surface area contributed by atoms with Gasteiger partial charge in [0.15, 0.2) is 23.9 Å². The van der Waals surface area contributed by atoms with E-state index in [0.717, 1.165) is 26.7 Å². The molecule has 4 heteroatoms. The Morgan fingerprint density at radius 1 is 1.20 bits per heavy atom. The van der Waals surface area contributed by atoms with Crippen molar-refractivity contribution in [3.63, 3.8) is 0 Å². The Labute approximate surface area is 95.4 Å². The molecule has 76 valence electrons. The number of rotatable bonds is 0. The second kappa shape index (κ2) is 3.10. The number of halogens is 1. The third-order valence-corrected chi connectivity index (χ3v) is 3.09. The number of aromatic nitrogens is 1. The van der Waals surface area contributed by atoms with E-state index in [1.807, 2.05) is 29.9 Å². The summed E-state index contributed by atoms with van der Waals surface area (Å²) in [5.74, 6) is 1.64. The SMILES string of the molecule is C[n+]1cc(Br)c2cc3c(cc2c1)OCO3. The Balaban J connectivity index is 2.38. The van der Waals surface area contributed by atoms with Crippen LogP contribution in [0.25, 0.3) is 10.8 Å². The highest BCUT2D eigenvalue weighted by Crippen LogP contribution is 2.37. The van der Waals surface area contributed by atoms with Crippen molar-refractivity contribution in [2.75, 3.05) is 6.79 Å². The van der Waals surface area contributed by atoms with Crippen molar-refractivity contribution in [3.8, 4) is 11.5 Å². The highest BCUT2D eigenvalue weighted by Gasteiger charge is 2.16. The summed E-state index contributed by atoms with van der Waals surface area (Å²) in [6.45, 7) is 0.315. The molecule has 0 spiro atoms. The number of hydrogen-bond acceptors (Lipinski definition) is 2. The number of aryl methyl sites for hydroxylation is 1. The fourth-order valence-corrected chi connectivity index (χ4v) is 2.44. The largest absolute Gasteiger partial charge is 0.454 e. The first-order valence-corrected chi connectivity index (χ1v) is 5.41. The van der Waals surface area contributed by atoms with Gasteiger partial charge in [-0.15, -0.1) is 0 Å². The Kier molecular flexibility index (Phi) is 1.85. The molecule has 1 aromatic heterocycles. The fraction of sp³-hybridized carbons (Fsp3) is 0.182. The van der Waals surface area contributed by atoms with Crippen molar-refractivity contribution in [3.05, 3.63) is 29.0 Å². The van der Waals surface area contributed by atoms with Crippen molar-refractivity contribution in [1.29, 1.82) is 0 Å². The lowest BCUT2D eigenvalue weighted by Crippen LogP contribution is -2.26. The number of hydrogen-bond donors (Lipinski definition) is 0. The highest BCUT2D eigenvalue weighted by molar-refractivity contribution is 9.10. The molecule has 0 bridgehead atoms. The summed E-state index contributed by atoms with van der Waals surface area (Å²) in [6.07, 6.45) is 4.08. The lowest BCUT2D eigenvalue weighted by molar-refractivity contribution is -0.670. The van der Waals surface area contributed by atoms with E-state index in [0.29, 0.717) is 6.79 Å². The molecular weight excluding hydrogens is 258 g/mol. The maximum Gasteiger partial charge on any atom is 0.231 e. The van der Waals surface area contributed by atoms with Gasteiger partial charge in [-0.05, 0) is 28.1 Å². The standard InChI is InChI=1S/C11H9BrNO2/c1-13-4-7-2-10-11(15-6-14-10)3-8(7)9(12)5-13/h2-5H,6H2,1H3/q+1. The van der Waals surface area contributed by atoms with Gasteiger partial charge in [-0.2, -0.15) is 0 Å². The van der Waals surface area contributed by atoms with Gasteiger partial charge < -0.3 is 9.47 Å². The predicted octanol–water partition coefficient (Wildman–Crippen LogP) is 2.16. The Hall–Kier alpha value is -1.29. The summed E-state index contributed by atoms with van der Waals surface area (Å²) in [6, 6.07) is 4.00. The van der Waals surface area contributed by atoms with Gasteiger partial charge in [0.25, 0.3) is 0 Å². The zero-order valence-electron chi connectivity index (χ0n) is 8.16. The maximum absolute atomic E-state index is 5.34. The zero-order valence-corrected chi connectivity index (χ0v) is 9.74. The first-order valence-electron chi connectivity index (χ1n) is 4.62. The van der Waals surface area contributed by atoms with E-state index < -0.39 is 0 Å². The molecular formula is C11H9BrNO2+. The molecule has 3 rings (SSSR count). The number of ether oxygens (including phenoxy) is 2. The molecule has 1 aromatic carbocycles. The van der Waals surface area contributed by atoms with Crippen molar-refractivity contribution >= 4 is 26.7 Å². The summed E-state index contributed by atoms with van der Waals surface area (Å²) in [5, 5.41) is 2.27. The zero-order chi connectivity index (χ0) is 10.4. The van der Waals surface area contributed by atoms with E-state index in [4.69, 9.17) is 9.47 Å². The van der Waals surface area contributed by atoms with Crippen molar-refractivity contribution in [2.45, 2.75) is 0 Å². The van der Waals surface area contributed by atoms with E-state index in [9.17, 15) is 0 Å². The van der Waals surface area contributed by atoms with Gasteiger partial charge in [0.05, 0.1) is 9.86 Å². The van der Waals surface area contributed by atoms with Crippen LogP contribution in [0, 0.1) is 0 Å². The monoisotopic (exact) mass is 266 g/mol. The van der Waals surface area contributed by atoms with Crippen LogP contribution in [-0.2, 0) is 7.05 Å². The molecule has 1 aliphatic rings. The molecule has 1 aliphatic heterocycles. The first kappa shape index (κ1) is 8.97. The van der Waals surface area contributed by atoms with Crippen LogP contribution in [0.2, 0.25) is 0 Å². The molecule has 3 nitrogen and oxygen atoms in total. The van der Waals surface area contributed by atoms with Gasteiger partial charge >= 0.3 is 0 Å². The fourth-order valence-electron chi connectivity index (χ4n) is 1.78. The van der Waals surface area contributed by atoms with Crippen LogP contribution in [0.15, 0.2) is 29.0 Å². The van der Waals surface area contributed by atoms with E-state index >= 15 is 0 Å². The lowest BCUT2D eigenvalue weighted by atomic mass is 10.1. The van der Waals surface area contributed by atoms with Gasteiger partial charge in [0.2, 0.25) is 6.79 Å². The van der Waals surface area contributed by atoms with Crippen LogP contribution in [0.3, 0.4) is 0 Å². The number of fused-ring (bicyclic) bond motifs is 2. The van der Waals surface area contributed by atoms with Crippen LogP contribution >= 0.6 is 15.9 Å². The molecule has 0 N–H and O–H groups in total. The minimum Gasteiger partial charge on any atom is -0.454 e. The third-order valence-electron chi connectivity index (χ3n) is 2.46. The smallest absolute Gasteiger partial charge is 0.231 e. The number of benzene rings is 1. The van der Waals surface area contributed by atoms with Crippen molar-refractivity contribution < 1.29 is 14.0 Å². The quantitative estimate of drug-likeness (QED) is 0.682. The topological polar surface area (TPSA) is 22.3 Å². The van der Waals surface area contributed by atoms with Gasteiger partial charge in [-0.1, -0.05) is 0 Å². The maximum atomic E-state index is 5.34. The van der Waals surface area contributed by atoms with Gasteiger partial charge in [-0.25, -0.2) is 4.57 Å². The number of nitrogens with zero attached hydrogens (tertiary/aromatic N) is 1. The minimum atomic E-state index is 0.315. The van der Waals surface area contributed by atoms with E-state index in [1.165, 1.54) is 0 Å². The van der Waals surface area contributed by atoms with Crippen LogP contribution in [-0.4, -0.2) is 6.79 Å². The molecule has 0 atom stereocenters. The first-order chi connectivity index (χ1) is 7.24. The van der Waals surface area contributed by atoms with Crippen LogP contribution in [0.5, 0.6) is 11.5 Å². The normalized spacial score (nSPS) is 13.5. The predicted molar refractivity (Wildman–Crippen MR) is 58.9 cm³/mol. The van der Waals surface area contributed by atoms with Gasteiger partial charge in [-0.3, -0.25) is 0 Å². The Bertz CT molecular complexity index is 554. The molecule has 0 fully saturated rings. The minimum absolute atomic E-state index is 0.315. The second-order valence-electron chi connectivity index (χ2n) is 3.56. The molecule has 0 saturated heterocycles. The lowest BCUT2D eigenvalue weighted by Gasteiger charge is -2.01. The molecule has 0 saturated carbocycles. The molecule has 0 unspecified atom stereocenters. The Morgan fingerprint density at radius 2 is 1.93 bits per heavy atom. The van der Waals surface area contributed by atoms with Crippen molar-refractivity contribution in [2.24, 2.45) is 7.05 Å². The Morgan fingerprint density at radius 3 is 2.73 bits per heavy atom. The van der Waals surface area contributed by atoms with Crippen LogP contribution < -0.4 is 14.0 Å². The summed E-state index contributed by atoms with van der Waals surface area (Å²) in [7, 11) is 1.99. The summed E-state index contributed by atoms with van der Waals surface area (Å²) < 4.78 is 13.7. The van der Waals surface area contributed by atoms with E-state index in [2.05, 4.69) is 22.1 Å². The van der Waals surface area contributed by atoms with Crippen molar-refractivity contribution in [1.82, 2.24) is 0 Å². The molecule has 0 aliphatic carbocycles. The molecule has 0 amide bonds. The summed E-state index contributed by atoms with van der Waals surface area (Å²) in [5.41, 5.74) is 0. The highest BCUT2D eigenvalue weighted by atomic mass is 79.9. The average Bonchev–Trinajstić information content (AvgIpc) is 2.61. The van der Waals surface area contributed by atoms with Gasteiger partial charge in [0, 0.05) is 5.39 Å². The summed E-state index contributed by atoms with van der Waals surface area (Å²) in [4.78, 5) is 0. The average molecular weight is 267 g/mol. The second-order valence-corrected chi connectivity index (χ2v) is 4.42. The summed E-state index contributed by atoms with van der Waals surface area (Å²) >= 11 is 3.54.